The molecule has 6 nitrogen and oxygen atoms in total. The van der Waals surface area contributed by atoms with E-state index in [1.54, 1.807) is 12.1 Å². The number of hydrogen-bond acceptors (Lipinski definition) is 4. The van der Waals surface area contributed by atoms with Crippen LogP contribution in [-0.4, -0.2) is 65.8 Å². The molecule has 0 atom stereocenters. The molecule has 0 N–H and O–H groups in total. The fraction of sp³-hybridized carbons (Fsp3) is 0.417. The number of carbonyl (C=O) groups is 2. The van der Waals surface area contributed by atoms with Crippen molar-refractivity contribution in [3.63, 3.8) is 0 Å². The second-order valence-corrected chi connectivity index (χ2v) is 7.54. The Kier molecular flexibility index (Phi) is 9.99. The van der Waals surface area contributed by atoms with Crippen molar-refractivity contribution in [2.45, 2.75) is 33.6 Å². The third-order valence-corrected chi connectivity index (χ3v) is 5.26. The van der Waals surface area contributed by atoms with E-state index in [2.05, 4.69) is 33.6 Å². The summed E-state index contributed by atoms with van der Waals surface area (Å²) in [4.78, 5) is 36.8. The van der Waals surface area contributed by atoms with E-state index in [1.807, 2.05) is 31.5 Å². The summed E-state index contributed by atoms with van der Waals surface area (Å²) in [5, 5.41) is 0.445. The SMILES string of the molecule is CCN(C=NCC1=CC#CCN=C1Cl)CCCCN(C(C)=O)C(=O)c1ccccc1C. The van der Waals surface area contributed by atoms with E-state index in [0.29, 0.717) is 30.4 Å². The van der Waals surface area contributed by atoms with Crippen molar-refractivity contribution in [1.82, 2.24) is 9.80 Å². The molecule has 0 unspecified atom stereocenters. The van der Waals surface area contributed by atoms with E-state index in [4.69, 9.17) is 11.6 Å². The molecule has 1 aromatic rings. The standard InChI is InChI=1S/C24H29ClN4O2/c1-4-28(18-26-17-21-12-7-8-14-27-23(21)25)15-9-10-16-29(20(3)30)24(31)22-13-6-5-11-19(22)2/h5-6,11-13,18H,4,9-10,14-17H2,1-3H3. The van der Waals surface area contributed by atoms with Gasteiger partial charge in [0.1, 0.15) is 11.7 Å². The van der Waals surface area contributed by atoms with Crippen LogP contribution in [0.2, 0.25) is 0 Å². The van der Waals surface area contributed by atoms with Crippen molar-refractivity contribution < 1.29 is 9.59 Å². The van der Waals surface area contributed by atoms with Crippen LogP contribution in [0, 0.1) is 18.8 Å². The van der Waals surface area contributed by atoms with Crippen LogP contribution in [-0.2, 0) is 4.79 Å². The van der Waals surface area contributed by atoms with E-state index in [9.17, 15) is 9.59 Å². The van der Waals surface area contributed by atoms with Crippen LogP contribution in [0.1, 0.15) is 42.6 Å². The minimum atomic E-state index is -0.238. The molecule has 0 radical (unpaired) electrons. The summed E-state index contributed by atoms with van der Waals surface area (Å²) in [6, 6.07) is 7.33. The molecule has 1 heterocycles. The molecule has 0 bridgehead atoms. The Morgan fingerprint density at radius 2 is 2.00 bits per heavy atom. The fourth-order valence-corrected chi connectivity index (χ4v) is 3.24. The first-order valence-corrected chi connectivity index (χ1v) is 10.8. The highest BCUT2D eigenvalue weighted by Gasteiger charge is 2.20. The van der Waals surface area contributed by atoms with Crippen molar-refractivity contribution >= 4 is 34.9 Å². The van der Waals surface area contributed by atoms with Crippen molar-refractivity contribution in [2.75, 3.05) is 32.7 Å². The summed E-state index contributed by atoms with van der Waals surface area (Å²) in [6.45, 7) is 8.19. The zero-order valence-corrected chi connectivity index (χ0v) is 19.2. The monoisotopic (exact) mass is 440 g/mol. The number of benzene rings is 1. The average molecular weight is 441 g/mol. The predicted molar refractivity (Wildman–Crippen MR) is 127 cm³/mol. The van der Waals surface area contributed by atoms with E-state index < -0.39 is 0 Å². The lowest BCUT2D eigenvalue weighted by atomic mass is 10.1. The molecule has 164 valence electrons. The number of allylic oxidation sites excluding steroid dienone is 1. The van der Waals surface area contributed by atoms with Crippen LogP contribution in [0.5, 0.6) is 0 Å². The van der Waals surface area contributed by atoms with Gasteiger partial charge in [-0.25, -0.2) is 0 Å². The van der Waals surface area contributed by atoms with Gasteiger partial charge in [0.15, 0.2) is 0 Å². The Labute approximate surface area is 189 Å². The lowest BCUT2D eigenvalue weighted by molar-refractivity contribution is -0.126. The summed E-state index contributed by atoms with van der Waals surface area (Å²) in [7, 11) is 0. The Hall–Kier alpha value is -2.91. The molecule has 0 spiro atoms. The Morgan fingerprint density at radius 3 is 2.71 bits per heavy atom. The molecule has 1 aliphatic rings. The number of amides is 2. The average Bonchev–Trinajstić information content (AvgIpc) is 2.96. The zero-order chi connectivity index (χ0) is 22.6. The molecule has 0 aliphatic carbocycles. The highest BCUT2D eigenvalue weighted by atomic mass is 35.5. The number of aliphatic imine (C=N–C) groups is 2. The van der Waals surface area contributed by atoms with Gasteiger partial charge in [-0.15, -0.1) is 0 Å². The third-order valence-electron chi connectivity index (χ3n) is 4.90. The quantitative estimate of drug-likeness (QED) is 0.241. The molecule has 0 fully saturated rings. The van der Waals surface area contributed by atoms with Gasteiger partial charge in [0.25, 0.3) is 5.91 Å². The van der Waals surface area contributed by atoms with Gasteiger partial charge in [-0.3, -0.25) is 24.5 Å². The first-order chi connectivity index (χ1) is 14.9. The van der Waals surface area contributed by atoms with Gasteiger partial charge >= 0.3 is 0 Å². The van der Waals surface area contributed by atoms with Gasteiger partial charge in [0.05, 0.1) is 12.9 Å². The topological polar surface area (TPSA) is 65.3 Å². The summed E-state index contributed by atoms with van der Waals surface area (Å²) >= 11 is 6.13. The molecule has 2 rings (SSSR count). The zero-order valence-electron chi connectivity index (χ0n) is 18.4. The second kappa shape index (κ2) is 12.7. The molecule has 0 aromatic heterocycles. The minimum absolute atomic E-state index is 0.236. The van der Waals surface area contributed by atoms with Crippen molar-refractivity contribution in [3.8, 4) is 11.8 Å². The minimum Gasteiger partial charge on any atom is -0.363 e. The maximum absolute atomic E-state index is 12.8. The van der Waals surface area contributed by atoms with E-state index >= 15 is 0 Å². The number of carbonyl (C=O) groups excluding carboxylic acids is 2. The molecule has 0 saturated carbocycles. The number of aryl methyl sites for hydroxylation is 1. The van der Waals surface area contributed by atoms with Crippen molar-refractivity contribution in [2.24, 2.45) is 9.98 Å². The summed E-state index contributed by atoms with van der Waals surface area (Å²) in [5.41, 5.74) is 2.25. The number of hydrogen-bond donors (Lipinski definition) is 0. The largest absolute Gasteiger partial charge is 0.363 e. The Bertz CT molecular complexity index is 940. The number of nitrogens with zero attached hydrogens (tertiary/aromatic N) is 4. The van der Waals surface area contributed by atoms with E-state index in [0.717, 1.165) is 37.1 Å². The van der Waals surface area contributed by atoms with Gasteiger partial charge in [0, 0.05) is 37.7 Å². The van der Waals surface area contributed by atoms with E-state index in [1.165, 1.54) is 11.8 Å². The summed E-state index contributed by atoms with van der Waals surface area (Å²) < 4.78 is 0. The van der Waals surface area contributed by atoms with Crippen LogP contribution >= 0.6 is 11.6 Å². The lowest BCUT2D eigenvalue weighted by Crippen LogP contribution is -2.36. The molecule has 1 aliphatic heterocycles. The number of rotatable bonds is 10. The highest BCUT2D eigenvalue weighted by Crippen LogP contribution is 2.12. The Morgan fingerprint density at radius 1 is 1.26 bits per heavy atom. The number of unbranched alkanes of at least 4 members (excludes halogenated alkanes) is 1. The molecule has 31 heavy (non-hydrogen) atoms. The summed E-state index contributed by atoms with van der Waals surface area (Å²) in [6.07, 6.45) is 5.13. The van der Waals surface area contributed by atoms with Crippen molar-refractivity contribution in [3.05, 3.63) is 47.0 Å². The second-order valence-electron chi connectivity index (χ2n) is 7.18. The molecule has 0 saturated heterocycles. The maximum atomic E-state index is 12.8. The smallest absolute Gasteiger partial charge is 0.260 e. The maximum Gasteiger partial charge on any atom is 0.260 e. The molecule has 7 heteroatoms. The van der Waals surface area contributed by atoms with Gasteiger partial charge in [-0.2, -0.15) is 0 Å². The molecular weight excluding hydrogens is 412 g/mol. The third kappa shape index (κ3) is 7.69. The predicted octanol–water partition coefficient (Wildman–Crippen LogP) is 3.69. The first kappa shape index (κ1) is 24.4. The van der Waals surface area contributed by atoms with Gasteiger partial charge in [0.2, 0.25) is 5.91 Å². The lowest BCUT2D eigenvalue weighted by Gasteiger charge is -2.21. The van der Waals surface area contributed by atoms with Crippen LogP contribution in [0.25, 0.3) is 0 Å². The van der Waals surface area contributed by atoms with Crippen LogP contribution < -0.4 is 0 Å². The number of imide groups is 1. The van der Waals surface area contributed by atoms with Gasteiger partial charge in [-0.1, -0.05) is 41.6 Å². The number of halogens is 1. The molecule has 2 amide bonds. The van der Waals surface area contributed by atoms with Crippen LogP contribution in [0.4, 0.5) is 0 Å². The van der Waals surface area contributed by atoms with E-state index in [-0.39, 0.29) is 11.8 Å². The van der Waals surface area contributed by atoms with Crippen molar-refractivity contribution in [1.29, 1.82) is 0 Å². The van der Waals surface area contributed by atoms with Crippen LogP contribution in [0.15, 0.2) is 45.9 Å². The van der Waals surface area contributed by atoms with Crippen LogP contribution in [0.3, 0.4) is 0 Å². The molecular formula is C24H29ClN4O2. The highest BCUT2D eigenvalue weighted by molar-refractivity contribution is 6.69. The fourth-order valence-electron chi connectivity index (χ4n) is 3.06. The first-order valence-electron chi connectivity index (χ1n) is 10.4. The normalized spacial score (nSPS) is 13.0. The van der Waals surface area contributed by atoms with Gasteiger partial charge in [-0.05, 0) is 44.4 Å². The van der Waals surface area contributed by atoms with Gasteiger partial charge < -0.3 is 4.90 Å². The summed E-state index contributed by atoms with van der Waals surface area (Å²) in [5.74, 6) is 5.31. The molecule has 1 aromatic carbocycles. The Balaban J connectivity index is 1.84.